The molecule has 4 aromatic carbocycles. The number of halogens is 1. The van der Waals surface area contributed by atoms with E-state index in [1.165, 1.54) is 38.2 Å². The molecule has 0 aliphatic heterocycles. The minimum atomic E-state index is -3.40. The number of aryl methyl sites for hydroxylation is 3. The Morgan fingerprint density at radius 1 is 0.625 bits per heavy atom. The van der Waals surface area contributed by atoms with Gasteiger partial charge in [0.25, 0.3) is 0 Å². The van der Waals surface area contributed by atoms with Gasteiger partial charge in [-0.15, -0.1) is 0 Å². The molecule has 32 heavy (non-hydrogen) atoms. The molecule has 1 nitrogen and oxygen atoms in total. The number of hydrogen-bond donors (Lipinski definition) is 0. The monoisotopic (exact) mass is 460 g/mol. The summed E-state index contributed by atoms with van der Waals surface area (Å²) >= 11 is 8.31. The fraction of sp³-hybridized carbons (Fsp3) is 0.172. The molecule has 0 bridgehead atoms. The summed E-state index contributed by atoms with van der Waals surface area (Å²) in [6.07, 6.45) is 0.709. The van der Waals surface area contributed by atoms with E-state index in [0.717, 1.165) is 5.75 Å². The summed E-state index contributed by atoms with van der Waals surface area (Å²) in [4.78, 5) is 0. The van der Waals surface area contributed by atoms with Gasteiger partial charge in [0.05, 0.1) is 0 Å². The summed E-state index contributed by atoms with van der Waals surface area (Å²) in [5.74, 6) is -2.55. The maximum atomic E-state index is 8.31. The van der Waals surface area contributed by atoms with Crippen LogP contribution in [0.25, 0.3) is 0 Å². The predicted octanol–water partition coefficient (Wildman–Crippen LogP) is 6.80. The second kappa shape index (κ2) is 8.74. The summed E-state index contributed by atoms with van der Waals surface area (Å²) in [6.45, 7) is 6.42. The van der Waals surface area contributed by atoms with Crippen molar-refractivity contribution in [1.82, 2.24) is 0 Å². The third-order valence-electron chi connectivity index (χ3n) is 6.23. The van der Waals surface area contributed by atoms with Crippen molar-refractivity contribution >= 4 is 33.1 Å². The topological polar surface area (TPSA) is 9.23 Å². The van der Waals surface area contributed by atoms with Gasteiger partial charge in [0.1, 0.15) is 0 Å². The molecule has 0 aromatic heterocycles. The van der Waals surface area contributed by atoms with Crippen LogP contribution in [0, 0.1) is 20.8 Å². The summed E-state index contributed by atoms with van der Waals surface area (Å²) in [6, 6.07) is 34.6. The first-order valence-corrected chi connectivity index (χ1v) is 14.2. The van der Waals surface area contributed by atoms with Gasteiger partial charge in [0, 0.05) is 0 Å². The maximum absolute atomic E-state index is 8.31. The Bertz CT molecular complexity index is 1150. The van der Waals surface area contributed by atoms with Crippen LogP contribution in [0.1, 0.15) is 22.3 Å². The van der Waals surface area contributed by atoms with E-state index in [-0.39, 0.29) is 0 Å². The first kappa shape index (κ1) is 22.6. The Kier molecular flexibility index (Phi) is 6.17. The second-order valence-electron chi connectivity index (χ2n) is 8.71. The van der Waals surface area contributed by atoms with Gasteiger partial charge in [-0.25, -0.2) is 0 Å². The zero-order chi connectivity index (χ0) is 22.8. The quantitative estimate of drug-likeness (QED) is 0.287. The molecule has 0 saturated heterocycles. The normalized spacial score (nSPS) is 12.7. The van der Waals surface area contributed by atoms with Gasteiger partial charge in [-0.05, 0) is 0 Å². The molecule has 0 N–H and O–H groups in total. The van der Waals surface area contributed by atoms with Crippen LogP contribution in [-0.4, -0.2) is 7.11 Å². The third-order valence-corrected chi connectivity index (χ3v) is 13.4. The Morgan fingerprint density at radius 2 is 1.06 bits per heavy atom. The number of hydrogen-bond acceptors (Lipinski definition) is 1. The van der Waals surface area contributed by atoms with E-state index in [9.17, 15) is 0 Å². The predicted molar refractivity (Wildman–Crippen MR) is 142 cm³/mol. The van der Waals surface area contributed by atoms with E-state index >= 15 is 0 Å². The van der Waals surface area contributed by atoms with Crippen LogP contribution < -0.4 is 20.7 Å². The molecule has 0 aliphatic carbocycles. The van der Waals surface area contributed by atoms with E-state index < -0.39 is 5.96 Å². The van der Waals surface area contributed by atoms with Crippen LogP contribution in [0.5, 0.6) is 5.75 Å². The fourth-order valence-corrected chi connectivity index (χ4v) is 10.9. The van der Waals surface area contributed by atoms with E-state index in [1.807, 2.05) is 6.07 Å². The van der Waals surface area contributed by atoms with Crippen molar-refractivity contribution in [2.24, 2.45) is 0 Å². The number of methoxy groups -OCH3 is 1. The van der Waals surface area contributed by atoms with Crippen LogP contribution >= 0.6 is 17.2 Å². The molecule has 0 fully saturated rings. The van der Waals surface area contributed by atoms with Crippen molar-refractivity contribution in [3.63, 3.8) is 0 Å². The van der Waals surface area contributed by atoms with E-state index in [4.69, 9.17) is 16.0 Å². The molecule has 4 aromatic rings. The summed E-state index contributed by atoms with van der Waals surface area (Å²) in [5, 5.41) is 3.57. The van der Waals surface area contributed by atoms with Gasteiger partial charge >= 0.3 is 197 Å². The van der Waals surface area contributed by atoms with Crippen molar-refractivity contribution in [1.29, 1.82) is 0 Å². The number of benzene rings is 4. The molecule has 0 atom stereocenters. The first-order valence-electron chi connectivity index (χ1n) is 10.9. The Morgan fingerprint density at radius 3 is 1.47 bits per heavy atom. The zero-order valence-electron chi connectivity index (χ0n) is 19.2. The molecular weight excluding hydrogens is 431 g/mol. The molecule has 3 heteroatoms. The number of rotatable bonds is 6. The molecule has 4 rings (SSSR count). The first-order chi connectivity index (χ1) is 15.3. The fourth-order valence-electron chi connectivity index (χ4n) is 4.59. The molecule has 0 amide bonds. The van der Waals surface area contributed by atoms with E-state index in [1.54, 1.807) is 7.11 Å². The number of ether oxygens (including phenoxy) is 1. The van der Waals surface area contributed by atoms with Gasteiger partial charge in [0.15, 0.2) is 0 Å². The van der Waals surface area contributed by atoms with Gasteiger partial charge in [0.2, 0.25) is 0 Å². The summed E-state index contributed by atoms with van der Waals surface area (Å²) < 4.78 is 5.55. The minimum absolute atomic E-state index is 0.709. The summed E-state index contributed by atoms with van der Waals surface area (Å²) in [7, 11) is 1.71. The molecule has 0 radical (unpaired) electrons. The van der Waals surface area contributed by atoms with E-state index in [0.29, 0.717) is 6.16 Å². The van der Waals surface area contributed by atoms with Crippen LogP contribution in [0.3, 0.4) is 0 Å². The second-order valence-corrected chi connectivity index (χ2v) is 15.2. The molecular formula is C29H30ClOP. The van der Waals surface area contributed by atoms with Crippen molar-refractivity contribution in [2.45, 2.75) is 26.9 Å². The Balaban J connectivity index is 2.13. The Hall–Kier alpha value is -2.60. The van der Waals surface area contributed by atoms with Gasteiger partial charge < -0.3 is 0 Å². The van der Waals surface area contributed by atoms with Crippen LogP contribution in [0.15, 0.2) is 97.1 Å². The van der Waals surface area contributed by atoms with Crippen molar-refractivity contribution in [3.05, 3.63) is 119 Å². The molecule has 0 saturated carbocycles. The average Bonchev–Trinajstić information content (AvgIpc) is 2.79. The van der Waals surface area contributed by atoms with Crippen LogP contribution in [0.4, 0.5) is 0 Å². The SMILES string of the molecule is COc1cccc(CP(Cl)(c2cccc(C)c2)(c2cccc(C)c2)c2cccc(C)c2)c1. The van der Waals surface area contributed by atoms with Gasteiger partial charge in [-0.2, -0.15) is 0 Å². The zero-order valence-corrected chi connectivity index (χ0v) is 20.8. The van der Waals surface area contributed by atoms with Gasteiger partial charge in [-0.3, -0.25) is 0 Å². The average molecular weight is 461 g/mol. The molecule has 0 spiro atoms. The van der Waals surface area contributed by atoms with Crippen LogP contribution in [-0.2, 0) is 6.16 Å². The van der Waals surface area contributed by atoms with E-state index in [2.05, 4.69) is 112 Å². The van der Waals surface area contributed by atoms with Crippen LogP contribution in [0.2, 0.25) is 0 Å². The summed E-state index contributed by atoms with van der Waals surface area (Å²) in [5.41, 5.74) is 4.80. The Labute approximate surface area is 196 Å². The van der Waals surface area contributed by atoms with Crippen molar-refractivity contribution in [3.8, 4) is 5.75 Å². The third kappa shape index (κ3) is 3.96. The van der Waals surface area contributed by atoms with Crippen molar-refractivity contribution < 1.29 is 4.74 Å². The molecule has 0 aliphatic rings. The van der Waals surface area contributed by atoms with Crippen molar-refractivity contribution in [2.75, 3.05) is 7.11 Å². The van der Waals surface area contributed by atoms with Gasteiger partial charge in [-0.1, -0.05) is 0 Å². The molecule has 164 valence electrons. The molecule has 0 unspecified atom stereocenters. The molecule has 0 heterocycles. The standard InChI is InChI=1S/C29H30ClOP/c1-22-9-5-14-27(17-22)32(30,28-15-6-10-23(2)18-28,29-16-7-11-24(3)19-29)21-25-12-8-13-26(20-25)31-4/h5-20H,21H2,1-4H3.